The zero-order chi connectivity index (χ0) is 13.0. The van der Waals surface area contributed by atoms with Crippen molar-refractivity contribution in [3.05, 3.63) is 52.5 Å². The van der Waals surface area contributed by atoms with Gasteiger partial charge in [-0.25, -0.2) is 0 Å². The van der Waals surface area contributed by atoms with Crippen LogP contribution in [0.25, 0.3) is 0 Å². The van der Waals surface area contributed by atoms with Crippen molar-refractivity contribution in [3.63, 3.8) is 0 Å². The maximum absolute atomic E-state index is 9.08. The summed E-state index contributed by atoms with van der Waals surface area (Å²) in [6.45, 7) is 0. The van der Waals surface area contributed by atoms with E-state index in [4.69, 9.17) is 5.26 Å². The molecule has 0 bridgehead atoms. The fourth-order valence-corrected chi connectivity index (χ4v) is 2.39. The number of nitriles is 1. The summed E-state index contributed by atoms with van der Waals surface area (Å²) in [6, 6.07) is 15.9. The highest BCUT2D eigenvalue weighted by atomic mass is 79.9. The summed E-state index contributed by atoms with van der Waals surface area (Å²) < 4.78 is 0.949. The molecule has 90 valence electrons. The molecule has 0 spiro atoms. The standard InChI is InChI=1S/C14H11BrN2S/c1-18-13-4-2-3-12(8-13)17-14-7-11(15)6-5-10(14)9-16/h2-8,17H,1H3. The largest absolute Gasteiger partial charge is 0.354 e. The predicted octanol–water partition coefficient (Wildman–Crippen LogP) is 4.79. The topological polar surface area (TPSA) is 35.8 Å². The number of hydrogen-bond acceptors (Lipinski definition) is 3. The third-order valence-corrected chi connectivity index (χ3v) is 3.67. The summed E-state index contributed by atoms with van der Waals surface area (Å²) in [7, 11) is 0. The molecule has 0 unspecified atom stereocenters. The number of rotatable bonds is 3. The molecule has 0 saturated heterocycles. The zero-order valence-electron chi connectivity index (χ0n) is 9.77. The van der Waals surface area contributed by atoms with Gasteiger partial charge in [0.1, 0.15) is 6.07 Å². The lowest BCUT2D eigenvalue weighted by atomic mass is 10.2. The number of anilines is 2. The van der Waals surface area contributed by atoms with Crippen molar-refractivity contribution in [1.29, 1.82) is 5.26 Å². The van der Waals surface area contributed by atoms with Gasteiger partial charge in [0.2, 0.25) is 0 Å². The molecule has 18 heavy (non-hydrogen) atoms. The van der Waals surface area contributed by atoms with Gasteiger partial charge in [-0.1, -0.05) is 22.0 Å². The van der Waals surface area contributed by atoms with Crippen LogP contribution in [0.4, 0.5) is 11.4 Å². The Morgan fingerprint density at radius 2 is 2.06 bits per heavy atom. The van der Waals surface area contributed by atoms with Crippen LogP contribution < -0.4 is 5.32 Å². The van der Waals surface area contributed by atoms with Gasteiger partial charge in [-0.3, -0.25) is 0 Å². The minimum Gasteiger partial charge on any atom is -0.354 e. The van der Waals surface area contributed by atoms with Crippen molar-refractivity contribution < 1.29 is 0 Å². The molecule has 2 rings (SSSR count). The minimum atomic E-state index is 0.632. The first kappa shape index (κ1) is 13.0. The molecule has 4 heteroatoms. The zero-order valence-corrected chi connectivity index (χ0v) is 12.2. The molecule has 0 amide bonds. The molecule has 0 heterocycles. The second-order valence-corrected chi connectivity index (χ2v) is 5.45. The van der Waals surface area contributed by atoms with Gasteiger partial charge < -0.3 is 5.32 Å². The third-order valence-electron chi connectivity index (χ3n) is 2.45. The average Bonchev–Trinajstić information content (AvgIpc) is 2.39. The van der Waals surface area contributed by atoms with Crippen LogP contribution in [0.3, 0.4) is 0 Å². The van der Waals surface area contributed by atoms with Crippen molar-refractivity contribution in [2.24, 2.45) is 0 Å². The van der Waals surface area contributed by atoms with Gasteiger partial charge in [0, 0.05) is 15.1 Å². The fourth-order valence-electron chi connectivity index (χ4n) is 1.57. The monoisotopic (exact) mass is 318 g/mol. The van der Waals surface area contributed by atoms with Gasteiger partial charge in [-0.2, -0.15) is 5.26 Å². The Morgan fingerprint density at radius 3 is 2.78 bits per heavy atom. The van der Waals surface area contributed by atoms with Crippen LogP contribution in [0.2, 0.25) is 0 Å². The van der Waals surface area contributed by atoms with Crippen molar-refractivity contribution in [3.8, 4) is 6.07 Å². The first-order valence-corrected chi connectivity index (χ1v) is 7.35. The Morgan fingerprint density at radius 1 is 1.22 bits per heavy atom. The van der Waals surface area contributed by atoms with Gasteiger partial charge in [0.25, 0.3) is 0 Å². The van der Waals surface area contributed by atoms with Crippen LogP contribution in [0.15, 0.2) is 51.8 Å². The molecule has 0 aliphatic rings. The van der Waals surface area contributed by atoms with Crippen LogP contribution in [-0.4, -0.2) is 6.26 Å². The summed E-state index contributed by atoms with van der Waals surface area (Å²) in [5, 5.41) is 12.4. The molecular formula is C14H11BrN2S. The predicted molar refractivity (Wildman–Crippen MR) is 80.4 cm³/mol. The molecule has 0 aromatic heterocycles. The first-order chi connectivity index (χ1) is 8.72. The molecule has 2 nitrogen and oxygen atoms in total. The average molecular weight is 319 g/mol. The summed E-state index contributed by atoms with van der Waals surface area (Å²) in [5.41, 5.74) is 2.43. The van der Waals surface area contributed by atoms with Crippen molar-refractivity contribution >= 4 is 39.1 Å². The Kier molecular flexibility index (Phi) is 4.29. The Hall–Kier alpha value is -1.44. The molecule has 2 aromatic rings. The maximum Gasteiger partial charge on any atom is 0.101 e. The number of benzene rings is 2. The van der Waals surface area contributed by atoms with E-state index >= 15 is 0 Å². The first-order valence-electron chi connectivity index (χ1n) is 5.33. The summed E-state index contributed by atoms with van der Waals surface area (Å²) in [6.07, 6.45) is 2.04. The molecule has 0 radical (unpaired) electrons. The summed E-state index contributed by atoms with van der Waals surface area (Å²) in [4.78, 5) is 1.19. The lowest BCUT2D eigenvalue weighted by Gasteiger charge is -2.09. The van der Waals surface area contributed by atoms with E-state index in [0.717, 1.165) is 15.8 Å². The maximum atomic E-state index is 9.08. The van der Waals surface area contributed by atoms with E-state index in [-0.39, 0.29) is 0 Å². The Bertz CT molecular complexity index is 605. The Balaban J connectivity index is 2.33. The van der Waals surface area contributed by atoms with E-state index in [1.54, 1.807) is 17.8 Å². The van der Waals surface area contributed by atoms with Gasteiger partial charge in [0.05, 0.1) is 11.3 Å². The van der Waals surface area contributed by atoms with E-state index in [0.29, 0.717) is 5.56 Å². The van der Waals surface area contributed by atoms with Crippen molar-refractivity contribution in [1.82, 2.24) is 0 Å². The Labute approximate surface area is 119 Å². The second kappa shape index (κ2) is 5.94. The van der Waals surface area contributed by atoms with Gasteiger partial charge in [-0.15, -0.1) is 11.8 Å². The van der Waals surface area contributed by atoms with Gasteiger partial charge >= 0.3 is 0 Å². The molecular weight excluding hydrogens is 308 g/mol. The quantitative estimate of drug-likeness (QED) is 0.827. The number of hydrogen-bond donors (Lipinski definition) is 1. The number of nitrogens with one attached hydrogen (secondary N) is 1. The highest BCUT2D eigenvalue weighted by Crippen LogP contribution is 2.26. The lowest BCUT2D eigenvalue weighted by Crippen LogP contribution is -1.93. The molecule has 1 N–H and O–H groups in total. The van der Waals surface area contributed by atoms with Crippen LogP contribution in [0.5, 0.6) is 0 Å². The van der Waals surface area contributed by atoms with E-state index in [2.05, 4.69) is 39.4 Å². The minimum absolute atomic E-state index is 0.632. The van der Waals surface area contributed by atoms with Crippen LogP contribution in [0, 0.1) is 11.3 Å². The number of nitrogens with zero attached hydrogens (tertiary/aromatic N) is 1. The number of halogens is 1. The third kappa shape index (κ3) is 3.06. The van der Waals surface area contributed by atoms with Crippen LogP contribution in [0.1, 0.15) is 5.56 Å². The molecule has 0 saturated carbocycles. The SMILES string of the molecule is CSc1cccc(Nc2cc(Br)ccc2C#N)c1. The molecule has 2 aromatic carbocycles. The fraction of sp³-hybridized carbons (Fsp3) is 0.0714. The summed E-state index contributed by atoms with van der Waals surface area (Å²) >= 11 is 5.11. The van der Waals surface area contributed by atoms with E-state index in [1.807, 2.05) is 30.5 Å². The molecule has 0 aliphatic carbocycles. The van der Waals surface area contributed by atoms with E-state index < -0.39 is 0 Å². The molecule has 0 fully saturated rings. The van der Waals surface area contributed by atoms with Crippen molar-refractivity contribution in [2.45, 2.75) is 4.90 Å². The molecule has 0 aliphatic heterocycles. The highest BCUT2D eigenvalue weighted by Gasteiger charge is 2.03. The van der Waals surface area contributed by atoms with Crippen molar-refractivity contribution in [2.75, 3.05) is 11.6 Å². The van der Waals surface area contributed by atoms with Gasteiger partial charge in [0.15, 0.2) is 0 Å². The van der Waals surface area contributed by atoms with Gasteiger partial charge in [-0.05, 0) is 42.7 Å². The van der Waals surface area contributed by atoms with Crippen LogP contribution >= 0.6 is 27.7 Å². The summed E-state index contributed by atoms with van der Waals surface area (Å²) in [5.74, 6) is 0. The van der Waals surface area contributed by atoms with E-state index in [9.17, 15) is 0 Å². The number of thioether (sulfide) groups is 1. The smallest absolute Gasteiger partial charge is 0.101 e. The second-order valence-electron chi connectivity index (χ2n) is 3.66. The molecule has 0 atom stereocenters. The highest BCUT2D eigenvalue weighted by molar-refractivity contribution is 9.10. The lowest BCUT2D eigenvalue weighted by molar-refractivity contribution is 1.42. The van der Waals surface area contributed by atoms with Crippen LogP contribution in [-0.2, 0) is 0 Å². The normalized spacial score (nSPS) is 9.83. The van der Waals surface area contributed by atoms with E-state index in [1.165, 1.54) is 4.90 Å².